The number of rotatable bonds is 35. The number of nitrogens with one attached hydrogen (secondary N) is 3. The van der Waals surface area contributed by atoms with Crippen LogP contribution in [0.4, 0.5) is 0 Å². The summed E-state index contributed by atoms with van der Waals surface area (Å²) in [4.78, 5) is 47.1. The van der Waals surface area contributed by atoms with Crippen LogP contribution in [0.3, 0.4) is 0 Å². The second-order valence-corrected chi connectivity index (χ2v) is 16.6. The van der Waals surface area contributed by atoms with Gasteiger partial charge in [0, 0.05) is 55.1 Å². The fourth-order valence-corrected chi connectivity index (χ4v) is 4.55. The van der Waals surface area contributed by atoms with E-state index in [2.05, 4.69) is 43.6 Å². The Bertz CT molecular complexity index is 1020. The Hall–Kier alpha value is -2.40. The molecule has 0 saturated carbocycles. The fraction of sp³-hybridized carbons (Fsp3) is 0.895. The fourth-order valence-electron chi connectivity index (χ4n) is 4.55. The Kier molecular flexibility index (Phi) is 26.8. The highest BCUT2D eigenvalue weighted by atomic mass is 16.5. The maximum absolute atomic E-state index is 12.8. The van der Waals surface area contributed by atoms with Crippen molar-refractivity contribution in [3.8, 4) is 0 Å². The Morgan fingerprint density at radius 1 is 0.472 bits per heavy atom. The van der Waals surface area contributed by atoms with Crippen molar-refractivity contribution in [3.05, 3.63) is 0 Å². The monoisotopic (exact) mass is 763 g/mol. The molecule has 0 rings (SSSR count). The molecule has 15 heteroatoms. The lowest BCUT2D eigenvalue weighted by atomic mass is 9.89. The average Bonchev–Trinajstić information content (AvgIpc) is 3.04. The molecular formula is C38H74N4O11. The molecule has 0 unspecified atom stereocenters. The van der Waals surface area contributed by atoms with Crippen LogP contribution in [0, 0.1) is 21.7 Å². The molecular weight excluding hydrogens is 688 g/mol. The zero-order valence-electron chi connectivity index (χ0n) is 34.4. The summed E-state index contributed by atoms with van der Waals surface area (Å²) in [5.41, 5.74) is 3.92. The molecule has 0 aliphatic heterocycles. The predicted octanol–water partition coefficient (Wildman–Crippen LogP) is 2.62. The summed E-state index contributed by atoms with van der Waals surface area (Å²) < 4.78 is 39.3. The summed E-state index contributed by atoms with van der Waals surface area (Å²) in [7, 11) is 0. The van der Waals surface area contributed by atoms with Crippen molar-refractivity contribution < 1.29 is 52.3 Å². The molecule has 0 radical (unpaired) electrons. The Morgan fingerprint density at radius 2 is 0.925 bits per heavy atom. The first kappa shape index (κ1) is 50.6. The van der Waals surface area contributed by atoms with Crippen molar-refractivity contribution in [2.75, 3.05) is 112 Å². The zero-order chi connectivity index (χ0) is 40.2. The second-order valence-electron chi connectivity index (χ2n) is 16.6. The lowest BCUT2D eigenvalue weighted by molar-refractivity contribution is -0.127. The van der Waals surface area contributed by atoms with Crippen LogP contribution >= 0.6 is 0 Å². The van der Waals surface area contributed by atoms with E-state index in [4.69, 9.17) is 38.9 Å². The smallest absolute Gasteiger partial charge is 0.246 e. The number of amides is 4. The summed E-state index contributed by atoms with van der Waals surface area (Å²) in [5, 5.41) is 8.72. The van der Waals surface area contributed by atoms with Crippen molar-refractivity contribution in [3.63, 3.8) is 0 Å². The third kappa shape index (κ3) is 32.7. The van der Waals surface area contributed by atoms with E-state index < -0.39 is 0 Å². The Labute approximate surface area is 319 Å². The zero-order valence-corrected chi connectivity index (χ0v) is 34.4. The van der Waals surface area contributed by atoms with E-state index in [1.165, 1.54) is 0 Å². The second kappa shape index (κ2) is 28.1. The number of carbonyl (C=O) groups excluding carboxylic acids is 4. The van der Waals surface area contributed by atoms with Gasteiger partial charge in [-0.1, -0.05) is 62.3 Å². The van der Waals surface area contributed by atoms with Gasteiger partial charge in [0.15, 0.2) is 0 Å². The SMILES string of the molecule is CCCC(=O)NCCOCCOCC(=O)NCC(C)(C)COCC(C)(C)CC(=O)NCC(C)(C)COCC(C)(C)COCCOCCOCCC(N)=O. The Balaban J connectivity index is 4.12. The summed E-state index contributed by atoms with van der Waals surface area (Å²) in [6.07, 6.45) is 1.83. The largest absolute Gasteiger partial charge is 0.380 e. The normalized spacial score (nSPS) is 12.5. The van der Waals surface area contributed by atoms with Crippen LogP contribution in [0.5, 0.6) is 0 Å². The molecule has 0 aliphatic rings. The number of ether oxygens (including phenoxy) is 7. The van der Waals surface area contributed by atoms with E-state index >= 15 is 0 Å². The van der Waals surface area contributed by atoms with Crippen molar-refractivity contribution in [2.24, 2.45) is 27.4 Å². The minimum atomic E-state index is -0.385. The molecule has 4 amide bonds. The first-order valence-corrected chi connectivity index (χ1v) is 18.9. The van der Waals surface area contributed by atoms with Gasteiger partial charge in [-0.15, -0.1) is 0 Å². The van der Waals surface area contributed by atoms with Crippen molar-refractivity contribution in [1.82, 2.24) is 16.0 Å². The standard InChI is InChI=1S/C38H74N4O11/c1-10-11-32(44)40-13-15-48-18-20-50-23-34(46)42-25-37(6,7)27-52-26-35(2,3)22-33(45)41-24-36(4,5)28-53-30-38(8,9)29-51-21-19-49-17-16-47-14-12-31(39)43/h10-30H2,1-9H3,(H2,39,43)(H,40,44)(H,41,45)(H,42,46). The van der Waals surface area contributed by atoms with Crippen molar-refractivity contribution in [2.45, 2.75) is 88.0 Å². The summed E-state index contributed by atoms with van der Waals surface area (Å²) >= 11 is 0. The average molecular weight is 763 g/mol. The third-order valence-corrected chi connectivity index (χ3v) is 7.52. The van der Waals surface area contributed by atoms with Crippen LogP contribution in [0.25, 0.3) is 0 Å². The van der Waals surface area contributed by atoms with Gasteiger partial charge in [0.1, 0.15) is 6.61 Å². The van der Waals surface area contributed by atoms with Gasteiger partial charge in [-0.2, -0.15) is 0 Å². The molecule has 0 fully saturated rings. The highest BCUT2D eigenvalue weighted by molar-refractivity contribution is 5.77. The van der Waals surface area contributed by atoms with Gasteiger partial charge < -0.3 is 54.8 Å². The van der Waals surface area contributed by atoms with Crippen LogP contribution in [0.1, 0.15) is 88.0 Å². The summed E-state index contributed by atoms with van der Waals surface area (Å²) in [6.45, 7) is 24.9. The first-order chi connectivity index (χ1) is 24.8. The highest BCUT2D eigenvalue weighted by Crippen LogP contribution is 2.24. The molecule has 0 atom stereocenters. The minimum absolute atomic E-state index is 0.0156. The molecule has 0 aromatic heterocycles. The van der Waals surface area contributed by atoms with E-state index in [1.807, 2.05) is 34.6 Å². The molecule has 0 heterocycles. The van der Waals surface area contributed by atoms with E-state index in [9.17, 15) is 19.2 Å². The molecule has 0 aromatic rings. The minimum Gasteiger partial charge on any atom is -0.380 e. The number of hydrogen-bond donors (Lipinski definition) is 4. The van der Waals surface area contributed by atoms with Gasteiger partial charge in [0.2, 0.25) is 23.6 Å². The van der Waals surface area contributed by atoms with E-state index in [0.29, 0.717) is 112 Å². The molecule has 0 aromatic carbocycles. The summed E-state index contributed by atoms with van der Waals surface area (Å²) in [5.74, 6) is -0.633. The molecule has 53 heavy (non-hydrogen) atoms. The molecule has 0 spiro atoms. The lowest BCUT2D eigenvalue weighted by Crippen LogP contribution is -2.40. The number of nitrogens with two attached hydrogens (primary N) is 1. The maximum atomic E-state index is 12.8. The van der Waals surface area contributed by atoms with Crippen LogP contribution in [0.2, 0.25) is 0 Å². The highest BCUT2D eigenvalue weighted by Gasteiger charge is 2.27. The number of primary amides is 1. The first-order valence-electron chi connectivity index (χ1n) is 18.9. The quantitative estimate of drug-likeness (QED) is 0.0694. The van der Waals surface area contributed by atoms with Crippen LogP contribution in [-0.4, -0.2) is 136 Å². The lowest BCUT2D eigenvalue weighted by Gasteiger charge is -2.31. The third-order valence-electron chi connectivity index (χ3n) is 7.52. The molecule has 0 aliphatic carbocycles. The van der Waals surface area contributed by atoms with Crippen molar-refractivity contribution in [1.29, 1.82) is 0 Å². The molecule has 5 N–H and O–H groups in total. The van der Waals surface area contributed by atoms with E-state index in [1.54, 1.807) is 0 Å². The van der Waals surface area contributed by atoms with Crippen LogP contribution < -0.4 is 21.7 Å². The van der Waals surface area contributed by atoms with Gasteiger partial charge in [-0.05, 0) is 11.8 Å². The van der Waals surface area contributed by atoms with Crippen LogP contribution in [0.15, 0.2) is 0 Å². The molecule has 312 valence electrons. The van der Waals surface area contributed by atoms with E-state index in [-0.39, 0.29) is 64.9 Å². The van der Waals surface area contributed by atoms with Gasteiger partial charge >= 0.3 is 0 Å². The molecule has 0 saturated heterocycles. The van der Waals surface area contributed by atoms with Crippen LogP contribution in [-0.2, 0) is 52.3 Å². The number of hydrogen-bond acceptors (Lipinski definition) is 11. The predicted molar refractivity (Wildman–Crippen MR) is 203 cm³/mol. The van der Waals surface area contributed by atoms with Gasteiger partial charge in [0.05, 0.1) is 85.9 Å². The topological polar surface area (TPSA) is 195 Å². The molecule has 0 bridgehead atoms. The Morgan fingerprint density at radius 3 is 1.49 bits per heavy atom. The van der Waals surface area contributed by atoms with Gasteiger partial charge in [-0.3, -0.25) is 19.2 Å². The summed E-state index contributed by atoms with van der Waals surface area (Å²) in [6, 6.07) is 0. The van der Waals surface area contributed by atoms with Gasteiger partial charge in [-0.25, -0.2) is 0 Å². The molecule has 15 nitrogen and oxygen atoms in total. The van der Waals surface area contributed by atoms with Gasteiger partial charge in [0.25, 0.3) is 0 Å². The van der Waals surface area contributed by atoms with E-state index in [0.717, 1.165) is 6.42 Å². The van der Waals surface area contributed by atoms with Crippen molar-refractivity contribution >= 4 is 23.6 Å². The maximum Gasteiger partial charge on any atom is 0.246 e. The number of carbonyl (C=O) groups is 4.